The molecule has 0 radical (unpaired) electrons. The summed E-state index contributed by atoms with van der Waals surface area (Å²) in [4.78, 5) is 0. The highest BCUT2D eigenvalue weighted by Crippen LogP contribution is 2.18. The van der Waals surface area contributed by atoms with Gasteiger partial charge in [0.2, 0.25) is 0 Å². The van der Waals surface area contributed by atoms with Gasteiger partial charge in [-0.3, -0.25) is 0 Å². The van der Waals surface area contributed by atoms with Gasteiger partial charge in [-0.05, 0) is 18.8 Å². The number of aliphatic hydroxyl groups excluding tert-OH is 1. The van der Waals surface area contributed by atoms with Gasteiger partial charge in [0.15, 0.2) is 0 Å². The van der Waals surface area contributed by atoms with Crippen molar-refractivity contribution in [3.8, 4) is 0 Å². The van der Waals surface area contributed by atoms with Crippen LogP contribution in [0, 0.1) is 5.92 Å². The Morgan fingerprint density at radius 1 is 0.667 bits per heavy atom. The highest BCUT2D eigenvalue weighted by atomic mass is 35.5. The van der Waals surface area contributed by atoms with Crippen LogP contribution in [0.25, 0.3) is 0 Å². The average Bonchev–Trinajstić information content (AvgIpc) is 2.36. The van der Waals surface area contributed by atoms with Gasteiger partial charge in [0.05, 0.1) is 0 Å². The number of hydrogen-bond donors (Lipinski definition) is 1. The van der Waals surface area contributed by atoms with Crippen molar-refractivity contribution in [2.24, 2.45) is 5.92 Å². The fourth-order valence-corrected chi connectivity index (χ4v) is 2.40. The van der Waals surface area contributed by atoms with Crippen molar-refractivity contribution >= 4 is 12.4 Å². The molecule has 0 aliphatic rings. The zero-order valence-corrected chi connectivity index (χ0v) is 13.4. The summed E-state index contributed by atoms with van der Waals surface area (Å²) in [5.41, 5.74) is 0. The summed E-state index contributed by atoms with van der Waals surface area (Å²) in [6.07, 6.45) is 16.0. The van der Waals surface area contributed by atoms with E-state index in [0.29, 0.717) is 12.5 Å². The summed E-state index contributed by atoms with van der Waals surface area (Å²) in [5, 5.41) is 9.32. The van der Waals surface area contributed by atoms with E-state index in [-0.39, 0.29) is 12.4 Å². The molecule has 0 aromatic carbocycles. The largest absolute Gasteiger partial charge is 0.396 e. The van der Waals surface area contributed by atoms with Gasteiger partial charge in [0, 0.05) is 6.61 Å². The number of unbranched alkanes of at least 4 members (excludes halogenated alkanes) is 8. The van der Waals surface area contributed by atoms with Crippen molar-refractivity contribution < 1.29 is 5.11 Å². The zero-order chi connectivity index (χ0) is 12.8. The molecule has 0 bridgehead atoms. The fraction of sp³-hybridized carbons (Fsp3) is 1.00. The highest BCUT2D eigenvalue weighted by Gasteiger charge is 2.06. The Morgan fingerprint density at radius 2 is 1.06 bits per heavy atom. The third kappa shape index (κ3) is 14.3. The first-order valence-electron chi connectivity index (χ1n) is 7.96. The second-order valence-corrected chi connectivity index (χ2v) is 5.45. The Bertz CT molecular complexity index is 139. The maximum Gasteiger partial charge on any atom is 0.0459 e. The molecule has 0 aliphatic heterocycles. The van der Waals surface area contributed by atoms with Crippen LogP contribution in [-0.4, -0.2) is 11.7 Å². The normalized spacial score (nSPS) is 12.2. The third-order valence-electron chi connectivity index (χ3n) is 3.69. The molecule has 0 rings (SSSR count). The first-order chi connectivity index (χ1) is 8.35. The van der Waals surface area contributed by atoms with E-state index in [2.05, 4.69) is 13.8 Å². The van der Waals surface area contributed by atoms with Gasteiger partial charge in [-0.15, -0.1) is 12.4 Å². The third-order valence-corrected chi connectivity index (χ3v) is 3.69. The van der Waals surface area contributed by atoms with Gasteiger partial charge in [-0.1, -0.05) is 78.1 Å². The summed E-state index contributed by atoms with van der Waals surface area (Å²) in [6, 6.07) is 0. The maximum atomic E-state index is 9.32. The molecule has 0 aromatic heterocycles. The van der Waals surface area contributed by atoms with Crippen molar-refractivity contribution in [3.63, 3.8) is 0 Å². The molecule has 18 heavy (non-hydrogen) atoms. The monoisotopic (exact) mass is 278 g/mol. The van der Waals surface area contributed by atoms with E-state index in [0.717, 1.165) is 0 Å². The smallest absolute Gasteiger partial charge is 0.0459 e. The Kier molecular flexibility index (Phi) is 19.7. The van der Waals surface area contributed by atoms with Crippen LogP contribution in [0.15, 0.2) is 0 Å². The Labute approximate surface area is 121 Å². The standard InChI is InChI=1S/C16H34O.ClH/c1-3-5-7-9-10-12-14-16(15-17)13-11-8-6-4-2;/h16-17H,3-15H2,1-2H3;1H. The van der Waals surface area contributed by atoms with Gasteiger partial charge in [0.25, 0.3) is 0 Å². The first kappa shape index (κ1) is 20.6. The summed E-state index contributed by atoms with van der Waals surface area (Å²) in [5.74, 6) is 0.582. The topological polar surface area (TPSA) is 20.2 Å². The molecule has 112 valence electrons. The van der Waals surface area contributed by atoms with Crippen molar-refractivity contribution in [2.45, 2.75) is 90.9 Å². The van der Waals surface area contributed by atoms with E-state index >= 15 is 0 Å². The van der Waals surface area contributed by atoms with Gasteiger partial charge in [-0.25, -0.2) is 0 Å². The van der Waals surface area contributed by atoms with Crippen LogP contribution in [0.3, 0.4) is 0 Å². The van der Waals surface area contributed by atoms with Crippen molar-refractivity contribution in [1.82, 2.24) is 0 Å². The van der Waals surface area contributed by atoms with E-state index in [1.165, 1.54) is 77.0 Å². The molecule has 1 unspecified atom stereocenters. The molecule has 2 heteroatoms. The van der Waals surface area contributed by atoms with Crippen molar-refractivity contribution in [2.75, 3.05) is 6.61 Å². The number of halogens is 1. The van der Waals surface area contributed by atoms with Crippen molar-refractivity contribution in [1.29, 1.82) is 0 Å². The predicted octanol–water partition coefficient (Wildman–Crippen LogP) is 5.74. The average molecular weight is 279 g/mol. The summed E-state index contributed by atoms with van der Waals surface area (Å²) < 4.78 is 0. The first-order valence-corrected chi connectivity index (χ1v) is 7.96. The molecule has 1 N–H and O–H groups in total. The Balaban J connectivity index is 0. The molecule has 0 amide bonds. The molecule has 0 aliphatic carbocycles. The second kappa shape index (κ2) is 17.2. The summed E-state index contributed by atoms with van der Waals surface area (Å²) in [6.45, 7) is 4.92. The number of hydrogen-bond acceptors (Lipinski definition) is 1. The molecule has 0 aromatic rings. The minimum absolute atomic E-state index is 0. The van der Waals surface area contributed by atoms with Crippen LogP contribution in [0.4, 0.5) is 0 Å². The lowest BCUT2D eigenvalue weighted by Gasteiger charge is -2.13. The number of aliphatic hydroxyl groups is 1. The highest BCUT2D eigenvalue weighted by molar-refractivity contribution is 5.85. The van der Waals surface area contributed by atoms with Crippen LogP contribution in [0.2, 0.25) is 0 Å². The van der Waals surface area contributed by atoms with E-state index in [1.807, 2.05) is 0 Å². The minimum atomic E-state index is 0. The molecular weight excluding hydrogens is 244 g/mol. The quantitative estimate of drug-likeness (QED) is 0.426. The second-order valence-electron chi connectivity index (χ2n) is 5.45. The fourth-order valence-electron chi connectivity index (χ4n) is 2.40. The minimum Gasteiger partial charge on any atom is -0.396 e. The molecule has 0 fully saturated rings. The van der Waals surface area contributed by atoms with E-state index in [4.69, 9.17) is 0 Å². The molecule has 0 saturated carbocycles. The van der Waals surface area contributed by atoms with Crippen LogP contribution in [-0.2, 0) is 0 Å². The molecular formula is C16H35ClO. The van der Waals surface area contributed by atoms with Crippen LogP contribution < -0.4 is 0 Å². The zero-order valence-electron chi connectivity index (χ0n) is 12.6. The maximum absolute atomic E-state index is 9.32. The number of rotatable bonds is 13. The predicted molar refractivity (Wildman–Crippen MR) is 84.6 cm³/mol. The summed E-state index contributed by atoms with van der Waals surface area (Å²) >= 11 is 0. The Hall–Kier alpha value is 0.250. The lowest BCUT2D eigenvalue weighted by atomic mass is 9.95. The molecule has 1 atom stereocenters. The molecule has 1 nitrogen and oxygen atoms in total. The SMILES string of the molecule is CCCCCCCCC(CO)CCCCCC.Cl. The Morgan fingerprint density at radius 3 is 1.50 bits per heavy atom. The lowest BCUT2D eigenvalue weighted by molar-refractivity contribution is 0.204. The van der Waals surface area contributed by atoms with Crippen LogP contribution >= 0.6 is 12.4 Å². The van der Waals surface area contributed by atoms with E-state index in [9.17, 15) is 5.11 Å². The molecule has 0 heterocycles. The van der Waals surface area contributed by atoms with Crippen LogP contribution in [0.1, 0.15) is 90.9 Å². The van der Waals surface area contributed by atoms with Crippen molar-refractivity contribution in [3.05, 3.63) is 0 Å². The van der Waals surface area contributed by atoms with Gasteiger partial charge >= 0.3 is 0 Å². The van der Waals surface area contributed by atoms with E-state index < -0.39 is 0 Å². The molecule has 0 saturated heterocycles. The van der Waals surface area contributed by atoms with Gasteiger partial charge in [-0.2, -0.15) is 0 Å². The summed E-state index contributed by atoms with van der Waals surface area (Å²) in [7, 11) is 0. The van der Waals surface area contributed by atoms with E-state index in [1.54, 1.807) is 0 Å². The molecule has 0 spiro atoms. The van der Waals surface area contributed by atoms with Gasteiger partial charge < -0.3 is 5.11 Å². The lowest BCUT2D eigenvalue weighted by Crippen LogP contribution is -2.06. The van der Waals surface area contributed by atoms with Crippen LogP contribution in [0.5, 0.6) is 0 Å². The van der Waals surface area contributed by atoms with Gasteiger partial charge in [0.1, 0.15) is 0 Å².